The van der Waals surface area contributed by atoms with Crippen LogP contribution in [0.1, 0.15) is 16.8 Å². The molecule has 0 aromatic heterocycles. The molecule has 2 rings (SSSR count). The summed E-state index contributed by atoms with van der Waals surface area (Å²) in [4.78, 5) is 14.3. The lowest BCUT2D eigenvalue weighted by atomic mass is 10.1. The van der Waals surface area contributed by atoms with E-state index in [2.05, 4.69) is 6.07 Å². The molecule has 4 heteroatoms. The van der Waals surface area contributed by atoms with Crippen LogP contribution in [0.4, 0.5) is 5.69 Å². The van der Waals surface area contributed by atoms with Crippen molar-refractivity contribution in [1.29, 1.82) is 5.26 Å². The molecule has 0 bridgehead atoms. The van der Waals surface area contributed by atoms with Gasteiger partial charge in [-0.05, 0) is 24.3 Å². The quantitative estimate of drug-likeness (QED) is 0.759. The molecule has 0 aliphatic carbocycles. The zero-order valence-electron chi connectivity index (χ0n) is 11.5. The van der Waals surface area contributed by atoms with Gasteiger partial charge in [-0.15, -0.1) is 0 Å². The van der Waals surface area contributed by atoms with Crippen LogP contribution in [-0.4, -0.2) is 18.9 Å². The van der Waals surface area contributed by atoms with Gasteiger partial charge in [0.1, 0.15) is 0 Å². The number of hydrogen-bond donors (Lipinski definition) is 0. The maximum Gasteiger partial charge on any atom is 0.182 e. The van der Waals surface area contributed by atoms with Crippen LogP contribution in [0.3, 0.4) is 0 Å². The number of carbonyl (C=O) groups excluding carboxylic acids is 1. The van der Waals surface area contributed by atoms with Crippen molar-refractivity contribution in [3.63, 3.8) is 0 Å². The van der Waals surface area contributed by atoms with Crippen molar-refractivity contribution in [2.45, 2.75) is 6.42 Å². The molecule has 0 fully saturated rings. The zero-order chi connectivity index (χ0) is 15.1. The minimum absolute atomic E-state index is 0.0145. The second kappa shape index (κ2) is 7.47. The SMILES string of the molecule is N#CCCN(CC(=O)c1cccc(Cl)c1)c1ccccc1. The van der Waals surface area contributed by atoms with Crippen LogP contribution < -0.4 is 4.90 Å². The van der Waals surface area contributed by atoms with E-state index in [1.165, 1.54) is 0 Å². The fraction of sp³-hybridized carbons (Fsp3) is 0.176. The van der Waals surface area contributed by atoms with E-state index in [1.54, 1.807) is 24.3 Å². The minimum Gasteiger partial charge on any atom is -0.363 e. The molecule has 0 atom stereocenters. The summed E-state index contributed by atoms with van der Waals surface area (Å²) in [6.45, 7) is 0.749. The highest BCUT2D eigenvalue weighted by Crippen LogP contribution is 2.16. The van der Waals surface area contributed by atoms with Gasteiger partial charge in [-0.1, -0.05) is 41.9 Å². The number of nitrogens with zero attached hydrogens (tertiary/aromatic N) is 2. The molecular formula is C17H15ClN2O. The average Bonchev–Trinajstić information content (AvgIpc) is 2.52. The molecule has 0 amide bonds. The van der Waals surface area contributed by atoms with E-state index in [1.807, 2.05) is 35.2 Å². The molecule has 0 aliphatic heterocycles. The van der Waals surface area contributed by atoms with Crippen LogP contribution in [0.25, 0.3) is 0 Å². The summed E-state index contributed by atoms with van der Waals surface area (Å²) >= 11 is 5.92. The molecule has 0 unspecified atom stereocenters. The smallest absolute Gasteiger partial charge is 0.182 e. The summed E-state index contributed by atoms with van der Waals surface area (Å²) in [5.41, 5.74) is 1.52. The Kier molecular flexibility index (Phi) is 5.36. The number of para-hydroxylation sites is 1. The van der Waals surface area contributed by atoms with E-state index in [4.69, 9.17) is 16.9 Å². The normalized spacial score (nSPS) is 9.90. The van der Waals surface area contributed by atoms with Crippen LogP contribution in [0.2, 0.25) is 5.02 Å². The fourth-order valence-electron chi connectivity index (χ4n) is 2.05. The topological polar surface area (TPSA) is 44.1 Å². The Hall–Kier alpha value is -2.31. The predicted octanol–water partition coefficient (Wildman–Crippen LogP) is 3.94. The van der Waals surface area contributed by atoms with Crippen molar-refractivity contribution in [2.75, 3.05) is 18.0 Å². The van der Waals surface area contributed by atoms with Gasteiger partial charge in [0.05, 0.1) is 19.0 Å². The monoisotopic (exact) mass is 298 g/mol. The van der Waals surface area contributed by atoms with Crippen molar-refractivity contribution < 1.29 is 4.79 Å². The Bertz CT molecular complexity index is 649. The van der Waals surface area contributed by atoms with Gasteiger partial charge >= 0.3 is 0 Å². The van der Waals surface area contributed by atoms with Gasteiger partial charge in [-0.2, -0.15) is 5.26 Å². The Morgan fingerprint density at radius 3 is 2.57 bits per heavy atom. The van der Waals surface area contributed by atoms with Crippen LogP contribution in [0.15, 0.2) is 54.6 Å². The van der Waals surface area contributed by atoms with Gasteiger partial charge in [-0.25, -0.2) is 0 Å². The lowest BCUT2D eigenvalue weighted by molar-refractivity contribution is 0.0999. The summed E-state index contributed by atoms with van der Waals surface area (Å²) in [6.07, 6.45) is 0.373. The van der Waals surface area contributed by atoms with E-state index < -0.39 is 0 Å². The third-order valence-electron chi connectivity index (χ3n) is 3.10. The number of nitriles is 1. The number of rotatable bonds is 6. The molecule has 0 saturated heterocycles. The number of hydrogen-bond acceptors (Lipinski definition) is 3. The molecule has 0 saturated carbocycles. The first-order chi connectivity index (χ1) is 10.2. The summed E-state index contributed by atoms with van der Waals surface area (Å²) < 4.78 is 0. The Labute approximate surface area is 129 Å². The van der Waals surface area contributed by atoms with Gasteiger partial charge in [0.15, 0.2) is 5.78 Å². The molecule has 3 nitrogen and oxygen atoms in total. The minimum atomic E-state index is -0.0145. The molecule has 106 valence electrons. The van der Waals surface area contributed by atoms with Crippen LogP contribution in [0, 0.1) is 11.3 Å². The average molecular weight is 299 g/mol. The highest BCUT2D eigenvalue weighted by molar-refractivity contribution is 6.31. The summed E-state index contributed by atoms with van der Waals surface area (Å²) in [6, 6.07) is 18.7. The van der Waals surface area contributed by atoms with E-state index >= 15 is 0 Å². The zero-order valence-corrected chi connectivity index (χ0v) is 12.3. The molecular weight excluding hydrogens is 284 g/mol. The van der Waals surface area contributed by atoms with Crippen molar-refractivity contribution in [3.8, 4) is 6.07 Å². The van der Waals surface area contributed by atoms with Gasteiger partial charge in [-0.3, -0.25) is 4.79 Å². The van der Waals surface area contributed by atoms with Gasteiger partial charge in [0.2, 0.25) is 0 Å². The highest BCUT2D eigenvalue weighted by atomic mass is 35.5. The Balaban J connectivity index is 2.15. The molecule has 0 N–H and O–H groups in total. The number of benzene rings is 2. The first-order valence-corrected chi connectivity index (χ1v) is 7.04. The molecule has 0 aliphatic rings. The molecule has 0 radical (unpaired) electrons. The molecule has 2 aromatic carbocycles. The number of Topliss-reactive ketones (excluding diaryl/α,β-unsaturated/α-hetero) is 1. The third kappa shape index (κ3) is 4.34. The van der Waals surface area contributed by atoms with E-state index in [0.717, 1.165) is 5.69 Å². The number of ketones is 1. The number of halogens is 1. The van der Waals surface area contributed by atoms with Crippen molar-refractivity contribution in [3.05, 3.63) is 65.2 Å². The predicted molar refractivity (Wildman–Crippen MR) is 84.7 cm³/mol. The lowest BCUT2D eigenvalue weighted by Crippen LogP contribution is -2.30. The van der Waals surface area contributed by atoms with Crippen molar-refractivity contribution in [1.82, 2.24) is 0 Å². The van der Waals surface area contributed by atoms with Crippen molar-refractivity contribution in [2.24, 2.45) is 0 Å². The number of anilines is 1. The van der Waals surface area contributed by atoms with Crippen LogP contribution in [0.5, 0.6) is 0 Å². The first-order valence-electron chi connectivity index (χ1n) is 6.66. The fourth-order valence-corrected chi connectivity index (χ4v) is 2.24. The molecule has 0 spiro atoms. The molecule has 0 heterocycles. The summed E-state index contributed by atoms with van der Waals surface area (Å²) in [5.74, 6) is -0.0145. The first kappa shape index (κ1) is 15.1. The second-order valence-electron chi connectivity index (χ2n) is 4.60. The summed E-state index contributed by atoms with van der Waals surface area (Å²) in [5, 5.41) is 9.32. The van der Waals surface area contributed by atoms with Crippen LogP contribution >= 0.6 is 11.6 Å². The van der Waals surface area contributed by atoms with Crippen LogP contribution in [-0.2, 0) is 0 Å². The largest absolute Gasteiger partial charge is 0.363 e. The standard InChI is InChI=1S/C17H15ClN2O/c18-15-7-4-6-14(12-15)17(21)13-20(11-5-10-19)16-8-2-1-3-9-16/h1-4,6-9,12H,5,11,13H2. The Morgan fingerprint density at radius 1 is 1.14 bits per heavy atom. The Morgan fingerprint density at radius 2 is 1.90 bits per heavy atom. The van der Waals surface area contributed by atoms with E-state index in [-0.39, 0.29) is 12.3 Å². The van der Waals surface area contributed by atoms with E-state index in [9.17, 15) is 4.79 Å². The van der Waals surface area contributed by atoms with Crippen molar-refractivity contribution >= 4 is 23.1 Å². The van der Waals surface area contributed by atoms with Gasteiger partial charge in [0, 0.05) is 22.8 Å². The van der Waals surface area contributed by atoms with E-state index in [0.29, 0.717) is 23.6 Å². The molecule has 2 aromatic rings. The lowest BCUT2D eigenvalue weighted by Gasteiger charge is -2.23. The highest BCUT2D eigenvalue weighted by Gasteiger charge is 2.13. The third-order valence-corrected chi connectivity index (χ3v) is 3.33. The number of carbonyl (C=O) groups is 1. The van der Waals surface area contributed by atoms with Gasteiger partial charge < -0.3 is 4.90 Å². The van der Waals surface area contributed by atoms with Gasteiger partial charge in [0.25, 0.3) is 0 Å². The summed E-state index contributed by atoms with van der Waals surface area (Å²) in [7, 11) is 0. The maximum absolute atomic E-state index is 12.4. The molecule has 21 heavy (non-hydrogen) atoms. The maximum atomic E-state index is 12.4. The second-order valence-corrected chi connectivity index (χ2v) is 5.04.